The van der Waals surface area contributed by atoms with Crippen LogP contribution in [0.5, 0.6) is 0 Å². The molecule has 1 amide bonds. The number of carbonyl (C=O) groups is 2. The van der Waals surface area contributed by atoms with Gasteiger partial charge in [-0.3, -0.25) is 9.78 Å². The predicted octanol–water partition coefficient (Wildman–Crippen LogP) is 4.75. The summed E-state index contributed by atoms with van der Waals surface area (Å²) >= 11 is 0. The molecule has 1 aliphatic rings. The predicted molar refractivity (Wildman–Crippen MR) is 129 cm³/mol. The number of benzene rings is 1. The van der Waals surface area contributed by atoms with Crippen LogP contribution in [0.15, 0.2) is 67.1 Å². The smallest absolute Gasteiger partial charge is 0.475 e. The van der Waals surface area contributed by atoms with Gasteiger partial charge in [-0.05, 0) is 61.7 Å². The molecule has 1 fully saturated rings. The van der Waals surface area contributed by atoms with Gasteiger partial charge in [0.1, 0.15) is 0 Å². The second kappa shape index (κ2) is 10.8. The van der Waals surface area contributed by atoms with Gasteiger partial charge in [0, 0.05) is 48.7 Å². The van der Waals surface area contributed by atoms with Crippen molar-refractivity contribution in [1.82, 2.24) is 24.5 Å². The summed E-state index contributed by atoms with van der Waals surface area (Å²) in [7, 11) is 0. The lowest BCUT2D eigenvalue weighted by Gasteiger charge is -2.31. The number of halogens is 3. The number of nitrogens with zero attached hydrogens (tertiary/aromatic N) is 5. The summed E-state index contributed by atoms with van der Waals surface area (Å²) < 4.78 is 33.6. The summed E-state index contributed by atoms with van der Waals surface area (Å²) in [5.41, 5.74) is 4.84. The third-order valence-electron chi connectivity index (χ3n) is 5.94. The fraction of sp³-hybridized carbons (Fsp3) is 0.269. The highest BCUT2D eigenvalue weighted by molar-refractivity contribution is 5.94. The Morgan fingerprint density at radius 2 is 1.78 bits per heavy atom. The van der Waals surface area contributed by atoms with Crippen LogP contribution in [0, 0.1) is 6.92 Å². The maximum Gasteiger partial charge on any atom is 0.490 e. The largest absolute Gasteiger partial charge is 0.490 e. The van der Waals surface area contributed by atoms with Crippen molar-refractivity contribution in [3.05, 3.63) is 84.1 Å². The van der Waals surface area contributed by atoms with E-state index in [1.165, 1.54) is 0 Å². The number of aliphatic carboxylic acids is 1. The molecule has 1 unspecified atom stereocenters. The molecule has 0 aliphatic carbocycles. The van der Waals surface area contributed by atoms with Crippen LogP contribution in [-0.4, -0.2) is 60.7 Å². The Bertz CT molecular complexity index is 1410. The van der Waals surface area contributed by atoms with Crippen molar-refractivity contribution < 1.29 is 27.9 Å². The van der Waals surface area contributed by atoms with Crippen molar-refractivity contribution in [3.63, 3.8) is 0 Å². The highest BCUT2D eigenvalue weighted by Gasteiger charge is 2.38. The lowest BCUT2D eigenvalue weighted by molar-refractivity contribution is -0.192. The molecule has 1 aliphatic heterocycles. The van der Waals surface area contributed by atoms with Gasteiger partial charge in [-0.2, -0.15) is 18.3 Å². The standard InChI is InChI=1S/C24H23N5O.C2HF3O2/c1-17-4-2-5-19(14-17)24(30)28-13-3-6-21(15-28)23-26-22-8-7-20(16-29(22)27-23)18-9-11-25-12-10-18;3-2(4,5)1(6)7/h2,4-5,7-12,14,16,21H,3,6,13,15H2,1H3;(H,6,7). The van der Waals surface area contributed by atoms with E-state index in [1.807, 2.05) is 65.0 Å². The Morgan fingerprint density at radius 3 is 2.46 bits per heavy atom. The molecule has 37 heavy (non-hydrogen) atoms. The van der Waals surface area contributed by atoms with Crippen LogP contribution in [0.25, 0.3) is 16.8 Å². The molecule has 5 rings (SSSR count). The zero-order chi connectivity index (χ0) is 26.6. The Kier molecular flexibility index (Phi) is 7.51. The van der Waals surface area contributed by atoms with E-state index in [9.17, 15) is 18.0 Å². The molecule has 4 aromatic rings. The van der Waals surface area contributed by atoms with Gasteiger partial charge in [-0.1, -0.05) is 17.7 Å². The van der Waals surface area contributed by atoms with Crippen molar-refractivity contribution >= 4 is 17.5 Å². The molecule has 0 spiro atoms. The molecular weight excluding hydrogens is 487 g/mol. The number of carboxylic acids is 1. The van der Waals surface area contributed by atoms with Gasteiger partial charge in [-0.15, -0.1) is 0 Å². The maximum atomic E-state index is 13.0. The highest BCUT2D eigenvalue weighted by atomic mass is 19.4. The number of rotatable bonds is 3. The normalized spacial score (nSPS) is 15.7. The first-order chi connectivity index (χ1) is 17.6. The van der Waals surface area contributed by atoms with Gasteiger partial charge < -0.3 is 10.0 Å². The van der Waals surface area contributed by atoms with Crippen molar-refractivity contribution in [2.75, 3.05) is 13.1 Å². The van der Waals surface area contributed by atoms with Crippen LogP contribution in [0.1, 0.15) is 40.5 Å². The number of fused-ring (bicyclic) bond motifs is 1. The van der Waals surface area contributed by atoms with E-state index in [-0.39, 0.29) is 11.8 Å². The van der Waals surface area contributed by atoms with Crippen LogP contribution in [0.4, 0.5) is 13.2 Å². The number of carboxylic acid groups (broad SMARTS) is 1. The average molecular weight is 512 g/mol. The monoisotopic (exact) mass is 511 g/mol. The summed E-state index contributed by atoms with van der Waals surface area (Å²) in [6.07, 6.45) is 2.44. The first-order valence-electron chi connectivity index (χ1n) is 11.5. The molecular formula is C26H24F3N5O3. The van der Waals surface area contributed by atoms with Crippen LogP contribution >= 0.6 is 0 Å². The number of aryl methyl sites for hydroxylation is 1. The lowest BCUT2D eigenvalue weighted by Crippen LogP contribution is -2.39. The Balaban J connectivity index is 0.000000405. The van der Waals surface area contributed by atoms with Crippen molar-refractivity contribution in [2.24, 2.45) is 0 Å². The number of likely N-dealkylation sites (tertiary alicyclic amines) is 1. The molecule has 1 aromatic carbocycles. The van der Waals surface area contributed by atoms with Crippen LogP contribution < -0.4 is 0 Å². The highest BCUT2D eigenvalue weighted by Crippen LogP contribution is 2.27. The molecule has 0 saturated carbocycles. The summed E-state index contributed by atoms with van der Waals surface area (Å²) in [5.74, 6) is -1.71. The zero-order valence-electron chi connectivity index (χ0n) is 19.9. The molecule has 8 nitrogen and oxygen atoms in total. The quantitative estimate of drug-likeness (QED) is 0.426. The Morgan fingerprint density at radius 1 is 1.05 bits per heavy atom. The van der Waals surface area contributed by atoms with Crippen molar-refractivity contribution in [2.45, 2.75) is 31.9 Å². The van der Waals surface area contributed by atoms with Crippen molar-refractivity contribution in [3.8, 4) is 11.1 Å². The molecule has 4 heterocycles. The van der Waals surface area contributed by atoms with E-state index in [0.29, 0.717) is 6.54 Å². The van der Waals surface area contributed by atoms with Crippen LogP contribution in [0.3, 0.4) is 0 Å². The van der Waals surface area contributed by atoms with Gasteiger partial charge >= 0.3 is 12.1 Å². The lowest BCUT2D eigenvalue weighted by atomic mass is 9.96. The molecule has 3 aromatic heterocycles. The van der Waals surface area contributed by atoms with E-state index < -0.39 is 12.1 Å². The molecule has 0 radical (unpaired) electrons. The number of pyridine rings is 2. The summed E-state index contributed by atoms with van der Waals surface area (Å²) in [4.78, 5) is 32.6. The van der Waals surface area contributed by atoms with E-state index >= 15 is 0 Å². The molecule has 11 heteroatoms. The number of carbonyl (C=O) groups excluding carboxylic acids is 1. The molecule has 1 N–H and O–H groups in total. The first-order valence-corrected chi connectivity index (χ1v) is 11.5. The topological polar surface area (TPSA) is 101 Å². The number of hydrogen-bond acceptors (Lipinski definition) is 5. The minimum atomic E-state index is -5.08. The summed E-state index contributed by atoms with van der Waals surface area (Å²) in [6, 6.07) is 15.8. The van der Waals surface area contributed by atoms with Gasteiger partial charge in [-0.25, -0.2) is 14.3 Å². The minimum absolute atomic E-state index is 0.0899. The molecule has 1 atom stereocenters. The van der Waals surface area contributed by atoms with Crippen LogP contribution in [0.2, 0.25) is 0 Å². The number of aromatic nitrogens is 4. The third kappa shape index (κ3) is 6.29. The minimum Gasteiger partial charge on any atom is -0.475 e. The molecule has 1 saturated heterocycles. The first kappa shape index (κ1) is 25.8. The molecule has 192 valence electrons. The van der Waals surface area contributed by atoms with Gasteiger partial charge in [0.25, 0.3) is 5.91 Å². The number of alkyl halides is 3. The summed E-state index contributed by atoms with van der Waals surface area (Å²) in [5, 5.41) is 11.9. The van der Waals surface area contributed by atoms with Gasteiger partial charge in [0.15, 0.2) is 11.5 Å². The average Bonchev–Trinajstić information content (AvgIpc) is 3.32. The van der Waals surface area contributed by atoms with Gasteiger partial charge in [0.2, 0.25) is 0 Å². The second-order valence-electron chi connectivity index (χ2n) is 8.69. The van der Waals surface area contributed by atoms with Crippen molar-refractivity contribution in [1.29, 1.82) is 0 Å². The van der Waals surface area contributed by atoms with Crippen LogP contribution in [-0.2, 0) is 4.79 Å². The second-order valence-corrected chi connectivity index (χ2v) is 8.69. The molecule has 0 bridgehead atoms. The van der Waals surface area contributed by atoms with Gasteiger partial charge in [0.05, 0.1) is 0 Å². The van der Waals surface area contributed by atoms with E-state index in [1.54, 1.807) is 12.4 Å². The summed E-state index contributed by atoms with van der Waals surface area (Å²) in [6.45, 7) is 3.44. The maximum absolute atomic E-state index is 13.0. The van der Waals surface area contributed by atoms with E-state index in [2.05, 4.69) is 11.1 Å². The number of hydrogen-bond donors (Lipinski definition) is 1. The number of piperidine rings is 1. The zero-order valence-corrected chi connectivity index (χ0v) is 19.9. The SMILES string of the molecule is Cc1cccc(C(=O)N2CCCC(c3nc4ccc(-c5ccncc5)cn4n3)C2)c1.O=C(O)C(F)(F)F. The fourth-order valence-corrected chi connectivity index (χ4v) is 4.12. The Labute approximate surface area is 210 Å². The Hall–Kier alpha value is -4.28. The van der Waals surface area contributed by atoms with E-state index in [4.69, 9.17) is 20.0 Å². The fourth-order valence-electron chi connectivity index (χ4n) is 4.12. The number of amides is 1. The third-order valence-corrected chi connectivity index (χ3v) is 5.94. The van der Waals surface area contributed by atoms with E-state index in [0.717, 1.165) is 53.1 Å².